The fraction of sp³-hybridized carbons (Fsp3) is 0.0500. The molecule has 0 radical (unpaired) electrons. The Morgan fingerprint density at radius 2 is 1.85 bits per heavy atom. The third kappa shape index (κ3) is 4.18. The minimum Gasteiger partial charge on any atom is -0.365 e. The molecule has 2 N–H and O–H groups in total. The Morgan fingerprint density at radius 1 is 1.08 bits per heavy atom. The number of rotatable bonds is 5. The highest BCUT2D eigenvalue weighted by molar-refractivity contribution is 6.30. The van der Waals surface area contributed by atoms with Gasteiger partial charge in [0, 0.05) is 23.5 Å². The molecule has 0 spiro atoms. The third-order valence-corrected chi connectivity index (χ3v) is 3.99. The maximum atomic E-state index is 12.6. The molecule has 1 heterocycles. The van der Waals surface area contributed by atoms with Gasteiger partial charge in [-0.2, -0.15) is 5.26 Å². The molecule has 3 rings (SSSR count). The first kappa shape index (κ1) is 17.5. The first-order chi connectivity index (χ1) is 12.7. The van der Waals surface area contributed by atoms with Crippen LogP contribution in [-0.4, -0.2) is 10.9 Å². The summed E-state index contributed by atoms with van der Waals surface area (Å²) in [4.78, 5) is 16.8. The molecule has 6 heteroatoms. The Bertz CT molecular complexity index is 964. The van der Waals surface area contributed by atoms with Crippen molar-refractivity contribution in [1.82, 2.24) is 4.98 Å². The Morgan fingerprint density at radius 3 is 2.62 bits per heavy atom. The monoisotopic (exact) mass is 362 g/mol. The number of amides is 1. The Balaban J connectivity index is 1.76. The van der Waals surface area contributed by atoms with E-state index in [1.54, 1.807) is 48.7 Å². The largest absolute Gasteiger partial charge is 0.365 e. The molecule has 3 aromatic rings. The fourth-order valence-corrected chi connectivity index (χ4v) is 2.55. The third-order valence-electron chi connectivity index (χ3n) is 3.74. The highest BCUT2D eigenvalue weighted by Gasteiger charge is 2.13. The number of nitrogens with one attached hydrogen (secondary N) is 2. The number of aromatic nitrogens is 1. The van der Waals surface area contributed by atoms with Crippen molar-refractivity contribution in [2.75, 3.05) is 10.6 Å². The lowest BCUT2D eigenvalue weighted by atomic mass is 10.1. The second-order valence-electron chi connectivity index (χ2n) is 5.48. The SMILES string of the molecule is N#Cc1ccccc1CNc1ncccc1C(=O)Nc1ccc(Cl)cc1. The van der Waals surface area contributed by atoms with Crippen LogP contribution in [0.5, 0.6) is 0 Å². The van der Waals surface area contributed by atoms with Crippen LogP contribution in [0.1, 0.15) is 21.5 Å². The summed E-state index contributed by atoms with van der Waals surface area (Å²) in [6, 6.07) is 19.7. The van der Waals surface area contributed by atoms with Gasteiger partial charge in [-0.3, -0.25) is 4.79 Å². The van der Waals surface area contributed by atoms with E-state index in [9.17, 15) is 10.1 Å². The molecule has 0 unspecified atom stereocenters. The molecular formula is C20H15ClN4O. The van der Waals surface area contributed by atoms with Crippen LogP contribution in [0.3, 0.4) is 0 Å². The molecule has 1 aromatic heterocycles. The van der Waals surface area contributed by atoms with Crippen molar-refractivity contribution in [2.24, 2.45) is 0 Å². The standard InChI is InChI=1S/C20H15ClN4O/c21-16-7-9-17(10-8-16)25-20(26)18-6-3-11-23-19(18)24-13-15-5-2-1-4-14(15)12-22/h1-11H,13H2,(H,23,24)(H,25,26). The lowest BCUT2D eigenvalue weighted by Crippen LogP contribution is -2.15. The highest BCUT2D eigenvalue weighted by atomic mass is 35.5. The van der Waals surface area contributed by atoms with Crippen molar-refractivity contribution < 1.29 is 4.79 Å². The van der Waals surface area contributed by atoms with E-state index in [1.807, 2.05) is 18.2 Å². The van der Waals surface area contributed by atoms with E-state index in [0.717, 1.165) is 5.56 Å². The Labute approximate surface area is 156 Å². The summed E-state index contributed by atoms with van der Waals surface area (Å²) in [6.07, 6.45) is 1.61. The second-order valence-corrected chi connectivity index (χ2v) is 5.92. The predicted octanol–water partition coefficient (Wildman–Crippen LogP) is 4.47. The quantitative estimate of drug-likeness (QED) is 0.701. The number of hydrogen-bond acceptors (Lipinski definition) is 4. The Kier molecular flexibility index (Phi) is 5.47. The van der Waals surface area contributed by atoms with Crippen LogP contribution in [0, 0.1) is 11.3 Å². The summed E-state index contributed by atoms with van der Waals surface area (Å²) in [7, 11) is 0. The average Bonchev–Trinajstić information content (AvgIpc) is 2.68. The first-order valence-electron chi connectivity index (χ1n) is 7.91. The molecule has 0 saturated carbocycles. The number of hydrogen-bond donors (Lipinski definition) is 2. The number of nitrogens with zero attached hydrogens (tertiary/aromatic N) is 2. The van der Waals surface area contributed by atoms with Gasteiger partial charge in [0.2, 0.25) is 0 Å². The summed E-state index contributed by atoms with van der Waals surface area (Å²) in [6.45, 7) is 0.391. The molecule has 0 fully saturated rings. The smallest absolute Gasteiger partial charge is 0.259 e. The van der Waals surface area contributed by atoms with Crippen molar-refractivity contribution in [1.29, 1.82) is 5.26 Å². The van der Waals surface area contributed by atoms with E-state index in [0.29, 0.717) is 34.2 Å². The van der Waals surface area contributed by atoms with E-state index < -0.39 is 0 Å². The van der Waals surface area contributed by atoms with Crippen LogP contribution in [0.4, 0.5) is 11.5 Å². The summed E-state index contributed by atoms with van der Waals surface area (Å²) in [5.41, 5.74) is 2.48. The van der Waals surface area contributed by atoms with Gasteiger partial charge in [0.05, 0.1) is 17.2 Å². The van der Waals surface area contributed by atoms with Crippen molar-refractivity contribution in [3.05, 3.63) is 88.6 Å². The Hall–Kier alpha value is -3.36. The number of anilines is 2. The summed E-state index contributed by atoms with van der Waals surface area (Å²) < 4.78 is 0. The number of halogens is 1. The number of carbonyl (C=O) groups is 1. The van der Waals surface area contributed by atoms with Gasteiger partial charge in [-0.1, -0.05) is 29.8 Å². The van der Waals surface area contributed by atoms with Gasteiger partial charge in [-0.15, -0.1) is 0 Å². The first-order valence-corrected chi connectivity index (χ1v) is 8.29. The molecule has 0 aliphatic rings. The van der Waals surface area contributed by atoms with Gasteiger partial charge < -0.3 is 10.6 Å². The van der Waals surface area contributed by atoms with E-state index in [2.05, 4.69) is 21.7 Å². The molecule has 0 saturated heterocycles. The van der Waals surface area contributed by atoms with Crippen molar-refractivity contribution in [3.8, 4) is 6.07 Å². The van der Waals surface area contributed by atoms with E-state index in [-0.39, 0.29) is 5.91 Å². The molecule has 0 aliphatic heterocycles. The van der Waals surface area contributed by atoms with Crippen molar-refractivity contribution in [3.63, 3.8) is 0 Å². The van der Waals surface area contributed by atoms with Gasteiger partial charge in [0.25, 0.3) is 5.91 Å². The summed E-state index contributed by atoms with van der Waals surface area (Å²) in [5.74, 6) is 0.170. The number of nitriles is 1. The molecule has 5 nitrogen and oxygen atoms in total. The van der Waals surface area contributed by atoms with Gasteiger partial charge >= 0.3 is 0 Å². The minimum atomic E-state index is -0.281. The van der Waals surface area contributed by atoms with Crippen LogP contribution in [0.25, 0.3) is 0 Å². The normalized spacial score (nSPS) is 10.0. The zero-order valence-corrected chi connectivity index (χ0v) is 14.5. The molecule has 128 valence electrons. The molecular weight excluding hydrogens is 348 g/mol. The van der Waals surface area contributed by atoms with E-state index in [4.69, 9.17) is 11.6 Å². The molecule has 26 heavy (non-hydrogen) atoms. The molecule has 0 aliphatic carbocycles. The fourth-order valence-electron chi connectivity index (χ4n) is 2.42. The van der Waals surface area contributed by atoms with Gasteiger partial charge in [0.1, 0.15) is 5.82 Å². The molecule has 1 amide bonds. The minimum absolute atomic E-state index is 0.281. The predicted molar refractivity (Wildman–Crippen MR) is 102 cm³/mol. The van der Waals surface area contributed by atoms with E-state index >= 15 is 0 Å². The van der Waals surface area contributed by atoms with Crippen molar-refractivity contribution in [2.45, 2.75) is 6.54 Å². The maximum absolute atomic E-state index is 12.6. The van der Waals surface area contributed by atoms with Crippen LogP contribution in [0.15, 0.2) is 66.9 Å². The van der Waals surface area contributed by atoms with Gasteiger partial charge in [0.15, 0.2) is 0 Å². The number of benzene rings is 2. The summed E-state index contributed by atoms with van der Waals surface area (Å²) in [5, 5.41) is 15.7. The van der Waals surface area contributed by atoms with Crippen LogP contribution >= 0.6 is 11.6 Å². The van der Waals surface area contributed by atoms with Crippen LogP contribution in [0.2, 0.25) is 5.02 Å². The summed E-state index contributed by atoms with van der Waals surface area (Å²) >= 11 is 5.86. The lowest BCUT2D eigenvalue weighted by Gasteiger charge is -2.12. The van der Waals surface area contributed by atoms with E-state index in [1.165, 1.54) is 0 Å². The zero-order valence-electron chi connectivity index (χ0n) is 13.7. The molecule has 0 atom stereocenters. The zero-order chi connectivity index (χ0) is 18.4. The molecule has 0 bridgehead atoms. The van der Waals surface area contributed by atoms with Crippen molar-refractivity contribution >= 4 is 29.0 Å². The number of carbonyl (C=O) groups excluding carboxylic acids is 1. The highest BCUT2D eigenvalue weighted by Crippen LogP contribution is 2.18. The molecule has 2 aromatic carbocycles. The van der Waals surface area contributed by atoms with Crippen LogP contribution in [-0.2, 0) is 6.54 Å². The van der Waals surface area contributed by atoms with Gasteiger partial charge in [-0.05, 0) is 48.0 Å². The lowest BCUT2D eigenvalue weighted by molar-refractivity contribution is 0.102. The maximum Gasteiger partial charge on any atom is 0.259 e. The average molecular weight is 363 g/mol. The second kappa shape index (κ2) is 8.15. The topological polar surface area (TPSA) is 77.8 Å². The number of pyridine rings is 1. The van der Waals surface area contributed by atoms with Gasteiger partial charge in [-0.25, -0.2) is 4.98 Å². The van der Waals surface area contributed by atoms with Crippen LogP contribution < -0.4 is 10.6 Å².